The Hall–Kier alpha value is -0.600. The van der Waals surface area contributed by atoms with Crippen LogP contribution in [0.2, 0.25) is 0 Å². The van der Waals surface area contributed by atoms with E-state index in [9.17, 15) is 13.7 Å². The van der Waals surface area contributed by atoms with Gasteiger partial charge in [0.15, 0.2) is 15.8 Å². The fourth-order valence-corrected chi connectivity index (χ4v) is 4.87. The van der Waals surface area contributed by atoms with Gasteiger partial charge in [-0.2, -0.15) is 5.26 Å². The van der Waals surface area contributed by atoms with Crippen molar-refractivity contribution in [3.05, 3.63) is 0 Å². The van der Waals surface area contributed by atoms with Crippen LogP contribution in [0.5, 0.6) is 0 Å². The van der Waals surface area contributed by atoms with E-state index in [1.54, 1.807) is 0 Å². The standard InChI is InChI=1S/C16H29N5O2S.HI/c1-13(2)9-18-16(19-10-14-4-7-24(22,23)12-14)21-6-5-20(3)15(8-17)11-21;/h13-15H,4-7,9-12H2,1-3H3,(H,18,19);1H. The van der Waals surface area contributed by atoms with Crippen molar-refractivity contribution in [3.63, 3.8) is 0 Å². The zero-order valence-electron chi connectivity index (χ0n) is 15.3. The molecule has 9 heteroatoms. The van der Waals surface area contributed by atoms with Crippen LogP contribution in [0.1, 0.15) is 20.3 Å². The highest BCUT2D eigenvalue weighted by molar-refractivity contribution is 14.0. The predicted octanol–water partition coefficient (Wildman–Crippen LogP) is 0.780. The molecule has 2 saturated heterocycles. The number of hydrogen-bond donors (Lipinski definition) is 1. The zero-order valence-corrected chi connectivity index (χ0v) is 18.5. The van der Waals surface area contributed by atoms with Crippen LogP contribution in [0.25, 0.3) is 0 Å². The Bertz CT molecular complexity index is 602. The van der Waals surface area contributed by atoms with Gasteiger partial charge in [0.05, 0.1) is 17.6 Å². The first-order valence-electron chi connectivity index (χ1n) is 8.64. The lowest BCUT2D eigenvalue weighted by Crippen LogP contribution is -2.56. The molecule has 144 valence electrons. The van der Waals surface area contributed by atoms with Crippen LogP contribution >= 0.6 is 24.0 Å². The number of nitrogens with one attached hydrogen (secondary N) is 1. The van der Waals surface area contributed by atoms with E-state index in [1.165, 1.54) is 0 Å². The highest BCUT2D eigenvalue weighted by Crippen LogP contribution is 2.17. The minimum absolute atomic E-state index is 0. The van der Waals surface area contributed by atoms with Gasteiger partial charge in [-0.1, -0.05) is 13.8 Å². The molecule has 2 fully saturated rings. The molecule has 0 aromatic heterocycles. The maximum Gasteiger partial charge on any atom is 0.194 e. The van der Waals surface area contributed by atoms with Crippen molar-refractivity contribution in [1.82, 2.24) is 15.1 Å². The van der Waals surface area contributed by atoms with Crippen LogP contribution < -0.4 is 5.32 Å². The molecule has 0 aliphatic carbocycles. The van der Waals surface area contributed by atoms with Crippen molar-refractivity contribution >= 4 is 39.8 Å². The predicted molar refractivity (Wildman–Crippen MR) is 111 cm³/mol. The van der Waals surface area contributed by atoms with E-state index < -0.39 is 9.84 Å². The van der Waals surface area contributed by atoms with Crippen molar-refractivity contribution in [1.29, 1.82) is 5.26 Å². The van der Waals surface area contributed by atoms with Crippen molar-refractivity contribution in [3.8, 4) is 6.07 Å². The van der Waals surface area contributed by atoms with E-state index >= 15 is 0 Å². The SMILES string of the molecule is CC(C)CN=C(NCC1CCS(=O)(=O)C1)N1CCN(C)C(C#N)C1.I. The molecule has 0 aromatic rings. The second-order valence-electron chi connectivity index (χ2n) is 7.28. The molecule has 2 heterocycles. The van der Waals surface area contributed by atoms with Gasteiger partial charge < -0.3 is 10.2 Å². The number of sulfone groups is 1. The number of piperazine rings is 1. The first kappa shape index (κ1) is 22.4. The van der Waals surface area contributed by atoms with Crippen LogP contribution in [0.4, 0.5) is 0 Å². The van der Waals surface area contributed by atoms with Crippen LogP contribution in [-0.2, 0) is 9.84 Å². The lowest BCUT2D eigenvalue weighted by atomic mass is 10.1. The van der Waals surface area contributed by atoms with Crippen molar-refractivity contribution in [2.45, 2.75) is 26.3 Å². The Morgan fingerprint density at radius 2 is 2.12 bits per heavy atom. The summed E-state index contributed by atoms with van der Waals surface area (Å²) in [6, 6.07) is 2.19. The number of hydrogen-bond acceptors (Lipinski definition) is 5. The molecule has 1 N–H and O–H groups in total. The van der Waals surface area contributed by atoms with Gasteiger partial charge in [-0.25, -0.2) is 8.42 Å². The van der Waals surface area contributed by atoms with E-state index in [4.69, 9.17) is 4.99 Å². The minimum atomic E-state index is -2.86. The number of nitriles is 1. The van der Waals surface area contributed by atoms with Gasteiger partial charge >= 0.3 is 0 Å². The van der Waals surface area contributed by atoms with E-state index in [1.807, 2.05) is 7.05 Å². The molecular formula is C16H30IN5O2S. The fraction of sp³-hybridized carbons (Fsp3) is 0.875. The Morgan fingerprint density at radius 1 is 1.40 bits per heavy atom. The molecule has 0 amide bonds. The number of nitrogens with zero attached hydrogens (tertiary/aromatic N) is 4. The van der Waals surface area contributed by atoms with Crippen LogP contribution in [0.15, 0.2) is 4.99 Å². The summed E-state index contributed by atoms with van der Waals surface area (Å²) in [4.78, 5) is 8.87. The second-order valence-corrected chi connectivity index (χ2v) is 9.51. The summed E-state index contributed by atoms with van der Waals surface area (Å²) in [6.45, 7) is 7.84. The molecule has 0 radical (unpaired) electrons. The first-order valence-corrected chi connectivity index (χ1v) is 10.5. The molecule has 0 aromatic carbocycles. The molecule has 7 nitrogen and oxygen atoms in total. The lowest BCUT2D eigenvalue weighted by Gasteiger charge is -2.38. The number of guanidine groups is 1. The van der Waals surface area contributed by atoms with Crippen LogP contribution in [0, 0.1) is 23.2 Å². The summed E-state index contributed by atoms with van der Waals surface area (Å²) >= 11 is 0. The summed E-state index contributed by atoms with van der Waals surface area (Å²) in [5.74, 6) is 1.97. The zero-order chi connectivity index (χ0) is 17.7. The van der Waals surface area contributed by atoms with Crippen molar-refractivity contribution in [2.24, 2.45) is 16.8 Å². The molecule has 2 aliphatic heterocycles. The van der Waals surface area contributed by atoms with E-state index in [-0.39, 0.29) is 41.7 Å². The summed E-state index contributed by atoms with van der Waals surface area (Å²) in [6.07, 6.45) is 0.719. The summed E-state index contributed by atoms with van der Waals surface area (Å²) < 4.78 is 23.2. The number of halogens is 1. The normalized spacial score (nSPS) is 27.0. The third kappa shape index (κ3) is 6.90. The smallest absolute Gasteiger partial charge is 0.194 e. The number of aliphatic imine (C=N–C) groups is 1. The van der Waals surface area contributed by atoms with Crippen molar-refractivity contribution < 1.29 is 8.42 Å². The van der Waals surface area contributed by atoms with Gasteiger partial charge in [-0.15, -0.1) is 24.0 Å². The largest absolute Gasteiger partial charge is 0.356 e. The molecule has 2 atom stereocenters. The third-order valence-corrected chi connectivity index (χ3v) is 6.42. The highest BCUT2D eigenvalue weighted by Gasteiger charge is 2.30. The Kier molecular flexibility index (Phi) is 8.91. The Balaban J connectivity index is 0.00000312. The lowest BCUT2D eigenvalue weighted by molar-refractivity contribution is 0.171. The van der Waals surface area contributed by atoms with Gasteiger partial charge in [0.1, 0.15) is 6.04 Å². The molecule has 2 rings (SSSR count). The maximum atomic E-state index is 11.6. The Labute approximate surface area is 168 Å². The molecule has 25 heavy (non-hydrogen) atoms. The topological polar surface area (TPSA) is 88.8 Å². The quantitative estimate of drug-likeness (QED) is 0.361. The summed E-state index contributed by atoms with van der Waals surface area (Å²) in [5.41, 5.74) is 0. The molecule has 2 aliphatic rings. The van der Waals surface area contributed by atoms with Crippen LogP contribution in [-0.4, -0.2) is 81.5 Å². The van der Waals surface area contributed by atoms with E-state index in [2.05, 4.69) is 35.0 Å². The number of likely N-dealkylation sites (N-methyl/N-ethyl adjacent to an activating group) is 1. The van der Waals surface area contributed by atoms with Crippen LogP contribution in [0.3, 0.4) is 0 Å². The molecule has 0 saturated carbocycles. The Morgan fingerprint density at radius 3 is 2.68 bits per heavy atom. The molecule has 2 unspecified atom stereocenters. The molecule has 0 spiro atoms. The van der Waals surface area contributed by atoms with Gasteiger partial charge in [-0.05, 0) is 25.3 Å². The second kappa shape index (κ2) is 9.92. The highest BCUT2D eigenvalue weighted by atomic mass is 127. The van der Waals surface area contributed by atoms with E-state index in [0.717, 1.165) is 32.0 Å². The first-order chi connectivity index (χ1) is 11.3. The average Bonchev–Trinajstić information content (AvgIpc) is 2.87. The van der Waals surface area contributed by atoms with Gasteiger partial charge in [0, 0.05) is 32.7 Å². The summed E-state index contributed by atoms with van der Waals surface area (Å²) in [5, 5.41) is 12.7. The minimum Gasteiger partial charge on any atom is -0.356 e. The molecular weight excluding hydrogens is 453 g/mol. The maximum absolute atomic E-state index is 11.6. The average molecular weight is 483 g/mol. The van der Waals surface area contributed by atoms with Crippen molar-refractivity contribution in [2.75, 3.05) is 51.3 Å². The van der Waals surface area contributed by atoms with Gasteiger partial charge in [-0.3, -0.25) is 9.89 Å². The van der Waals surface area contributed by atoms with E-state index in [0.29, 0.717) is 24.8 Å². The number of rotatable bonds is 4. The third-order valence-electron chi connectivity index (χ3n) is 4.58. The monoisotopic (exact) mass is 483 g/mol. The molecule has 0 bridgehead atoms. The van der Waals surface area contributed by atoms with Gasteiger partial charge in [0.25, 0.3) is 0 Å². The summed E-state index contributed by atoms with van der Waals surface area (Å²) in [7, 11) is -0.892. The van der Waals surface area contributed by atoms with Gasteiger partial charge in [0.2, 0.25) is 0 Å². The fourth-order valence-electron chi connectivity index (χ4n) is 3.01.